The van der Waals surface area contributed by atoms with Gasteiger partial charge in [0.15, 0.2) is 11.2 Å². The van der Waals surface area contributed by atoms with Gasteiger partial charge in [-0.15, -0.1) is 0 Å². The maximum atomic E-state index is 6.67. The van der Waals surface area contributed by atoms with Gasteiger partial charge in [0, 0.05) is 63.1 Å². The molecule has 0 bridgehead atoms. The molecule has 9 heteroatoms. The van der Waals surface area contributed by atoms with E-state index in [2.05, 4.69) is 93.6 Å². The van der Waals surface area contributed by atoms with Crippen LogP contribution in [-0.4, -0.2) is 19.9 Å². The van der Waals surface area contributed by atoms with Crippen LogP contribution in [-0.2, 0) is 0 Å². The number of benzene rings is 7. The van der Waals surface area contributed by atoms with Crippen molar-refractivity contribution in [2.45, 2.75) is 0 Å². The molecule has 0 saturated carbocycles. The maximum absolute atomic E-state index is 6.67. The van der Waals surface area contributed by atoms with Crippen molar-refractivity contribution in [3.63, 3.8) is 0 Å². The molecule has 0 spiro atoms. The molecule has 0 fully saturated rings. The summed E-state index contributed by atoms with van der Waals surface area (Å²) in [6.45, 7) is 0. The number of para-hydroxylation sites is 4. The highest BCUT2D eigenvalue weighted by Crippen LogP contribution is 2.41. The number of furan rings is 1. The zero-order chi connectivity index (χ0) is 40.3. The van der Waals surface area contributed by atoms with E-state index in [0.717, 1.165) is 100 Å². The quantitative estimate of drug-likeness (QED) is 0.149. The predicted molar refractivity (Wildman–Crippen MR) is 242 cm³/mol. The Morgan fingerprint density at radius 1 is 0.377 bits per heavy atom. The summed E-state index contributed by atoms with van der Waals surface area (Å²) in [7, 11) is 0. The van der Waals surface area contributed by atoms with Crippen LogP contribution < -0.4 is 9.80 Å². The van der Waals surface area contributed by atoms with Crippen LogP contribution in [0.5, 0.6) is 0 Å². The zero-order valence-corrected chi connectivity index (χ0v) is 32.4. The van der Waals surface area contributed by atoms with Gasteiger partial charge in [0.25, 0.3) is 0 Å². The van der Waals surface area contributed by atoms with Crippen LogP contribution in [0.4, 0.5) is 34.3 Å². The standard InChI is InChI=1S/C52H32N6O3/c1-3-11-46-44(9-1)55-51(60-46)33-14-19-37(20-15-33)57(41-8-7-26-53-32-41)40-24-25-42-43-29-35-18-23-39(28-36(35)30-48(43)59-49(42)31-40)58(50-13-5-6-27-54-50)38-21-16-34(17-22-38)52-56-45-10-2-4-12-47(45)61-52/h1-32H. The molecule has 0 amide bonds. The lowest BCUT2D eigenvalue weighted by atomic mass is 10.0. The molecule has 61 heavy (non-hydrogen) atoms. The number of pyridine rings is 2. The average Bonchev–Trinajstić information content (AvgIpc) is 4.05. The minimum absolute atomic E-state index is 0.583. The van der Waals surface area contributed by atoms with Crippen LogP contribution in [0.15, 0.2) is 208 Å². The van der Waals surface area contributed by atoms with Gasteiger partial charge in [0.05, 0.1) is 11.9 Å². The molecular weight excluding hydrogens is 757 g/mol. The summed E-state index contributed by atoms with van der Waals surface area (Å²) in [4.78, 5) is 22.9. The molecule has 5 heterocycles. The average molecular weight is 789 g/mol. The number of oxazole rings is 2. The molecule has 0 aliphatic carbocycles. The molecule has 0 aliphatic heterocycles. The summed E-state index contributed by atoms with van der Waals surface area (Å²) in [6.07, 6.45) is 5.46. The summed E-state index contributed by atoms with van der Waals surface area (Å²) < 4.78 is 18.8. The first-order chi connectivity index (χ1) is 30.2. The van der Waals surface area contributed by atoms with Crippen molar-refractivity contribution >= 4 is 89.2 Å². The lowest BCUT2D eigenvalue weighted by molar-refractivity contribution is 0.619. The number of nitrogens with zero attached hydrogens (tertiary/aromatic N) is 6. The van der Waals surface area contributed by atoms with E-state index in [1.807, 2.05) is 109 Å². The Hall–Kier alpha value is -8.56. The van der Waals surface area contributed by atoms with E-state index in [-0.39, 0.29) is 0 Å². The fourth-order valence-electron chi connectivity index (χ4n) is 8.10. The molecular formula is C52H32N6O3. The number of aromatic nitrogens is 4. The summed E-state index contributed by atoms with van der Waals surface area (Å²) in [5.41, 5.74) is 11.3. The van der Waals surface area contributed by atoms with Gasteiger partial charge in [-0.3, -0.25) is 9.88 Å². The van der Waals surface area contributed by atoms with Crippen molar-refractivity contribution in [2.75, 3.05) is 9.80 Å². The van der Waals surface area contributed by atoms with Crippen molar-refractivity contribution in [3.8, 4) is 22.9 Å². The normalized spacial score (nSPS) is 11.6. The van der Waals surface area contributed by atoms with Gasteiger partial charge in [0.1, 0.15) is 28.0 Å². The van der Waals surface area contributed by atoms with Gasteiger partial charge >= 0.3 is 0 Å². The fraction of sp³-hybridized carbons (Fsp3) is 0. The minimum atomic E-state index is 0.583. The molecule has 9 nitrogen and oxygen atoms in total. The van der Waals surface area contributed by atoms with E-state index in [4.69, 9.17) is 28.2 Å². The first-order valence-corrected chi connectivity index (χ1v) is 19.9. The molecule has 5 aromatic heterocycles. The van der Waals surface area contributed by atoms with Crippen molar-refractivity contribution in [3.05, 3.63) is 195 Å². The smallest absolute Gasteiger partial charge is 0.227 e. The molecule has 0 saturated heterocycles. The number of fused-ring (bicyclic) bond motifs is 6. The van der Waals surface area contributed by atoms with Crippen molar-refractivity contribution in [1.82, 2.24) is 19.9 Å². The van der Waals surface area contributed by atoms with Crippen LogP contribution in [0, 0.1) is 0 Å². The molecule has 0 atom stereocenters. The van der Waals surface area contributed by atoms with Gasteiger partial charge in [-0.25, -0.2) is 15.0 Å². The molecule has 12 rings (SSSR count). The second-order valence-corrected chi connectivity index (χ2v) is 14.8. The third-order valence-electron chi connectivity index (χ3n) is 11.0. The molecule has 288 valence electrons. The van der Waals surface area contributed by atoms with Crippen LogP contribution in [0.25, 0.3) is 77.8 Å². The van der Waals surface area contributed by atoms with E-state index >= 15 is 0 Å². The van der Waals surface area contributed by atoms with Crippen molar-refractivity contribution in [2.24, 2.45) is 0 Å². The highest BCUT2D eigenvalue weighted by molar-refractivity contribution is 6.11. The number of hydrogen-bond acceptors (Lipinski definition) is 9. The van der Waals surface area contributed by atoms with Gasteiger partial charge < -0.3 is 18.2 Å². The first kappa shape index (κ1) is 34.5. The van der Waals surface area contributed by atoms with Gasteiger partial charge in [-0.1, -0.05) is 36.4 Å². The number of anilines is 6. The lowest BCUT2D eigenvalue weighted by Crippen LogP contribution is -2.11. The molecule has 7 aromatic carbocycles. The Kier molecular flexibility index (Phi) is 7.95. The summed E-state index contributed by atoms with van der Waals surface area (Å²) in [5.74, 6) is 1.97. The molecule has 0 unspecified atom stereocenters. The summed E-state index contributed by atoms with van der Waals surface area (Å²) in [6, 6.07) is 59.2. The zero-order valence-electron chi connectivity index (χ0n) is 32.4. The van der Waals surface area contributed by atoms with Gasteiger partial charge in [-0.05, 0) is 144 Å². The molecule has 0 aliphatic rings. The van der Waals surface area contributed by atoms with Crippen LogP contribution in [0.2, 0.25) is 0 Å². The van der Waals surface area contributed by atoms with Crippen LogP contribution in [0.3, 0.4) is 0 Å². The van der Waals surface area contributed by atoms with Crippen LogP contribution in [0.1, 0.15) is 0 Å². The topological polar surface area (TPSA) is 97.5 Å². The molecule has 0 N–H and O–H groups in total. The second kappa shape index (κ2) is 14.1. The van der Waals surface area contributed by atoms with E-state index < -0.39 is 0 Å². The van der Waals surface area contributed by atoms with E-state index in [9.17, 15) is 0 Å². The molecule has 0 radical (unpaired) electrons. The Labute approximate surface area is 348 Å². The third kappa shape index (κ3) is 6.11. The minimum Gasteiger partial charge on any atom is -0.456 e. The van der Waals surface area contributed by atoms with Gasteiger partial charge in [-0.2, -0.15) is 0 Å². The predicted octanol–water partition coefficient (Wildman–Crippen LogP) is 14.1. The van der Waals surface area contributed by atoms with Crippen molar-refractivity contribution < 1.29 is 13.3 Å². The maximum Gasteiger partial charge on any atom is 0.227 e. The summed E-state index contributed by atoms with van der Waals surface area (Å²) in [5, 5.41) is 4.24. The van der Waals surface area contributed by atoms with Crippen LogP contribution >= 0.6 is 0 Å². The van der Waals surface area contributed by atoms with E-state index in [0.29, 0.717) is 11.8 Å². The highest BCUT2D eigenvalue weighted by atomic mass is 16.4. The largest absolute Gasteiger partial charge is 0.456 e. The monoisotopic (exact) mass is 788 g/mol. The Balaban J connectivity index is 0.903. The Morgan fingerprint density at radius 2 is 1.00 bits per heavy atom. The van der Waals surface area contributed by atoms with E-state index in [1.165, 1.54) is 0 Å². The second-order valence-electron chi connectivity index (χ2n) is 14.8. The highest BCUT2D eigenvalue weighted by Gasteiger charge is 2.19. The fourth-order valence-corrected chi connectivity index (χ4v) is 8.10. The third-order valence-corrected chi connectivity index (χ3v) is 11.0. The molecule has 12 aromatic rings. The SMILES string of the molecule is c1ccc(N(c2ccc(-c3nc4ccccc4o3)cc2)c2ccc3cc4c(cc3c2)oc2cc(N(c3ccc(-c5nc6ccccc6o5)cc3)c3cccnc3)ccc24)nc1. The van der Waals surface area contributed by atoms with Gasteiger partial charge in [0.2, 0.25) is 11.8 Å². The van der Waals surface area contributed by atoms with E-state index in [1.54, 1.807) is 6.20 Å². The Morgan fingerprint density at radius 3 is 1.66 bits per heavy atom. The number of rotatable bonds is 8. The summed E-state index contributed by atoms with van der Waals surface area (Å²) >= 11 is 0. The number of hydrogen-bond donors (Lipinski definition) is 0. The first-order valence-electron chi connectivity index (χ1n) is 19.9. The Bertz CT molecular complexity index is 3310. The lowest BCUT2D eigenvalue weighted by Gasteiger charge is -2.25. The van der Waals surface area contributed by atoms with Crippen molar-refractivity contribution in [1.29, 1.82) is 0 Å².